The average molecular weight is 273 g/mol. The van der Waals surface area contributed by atoms with E-state index in [4.69, 9.17) is 4.74 Å². The number of piperidine rings is 1. The van der Waals surface area contributed by atoms with Crippen molar-refractivity contribution < 1.29 is 4.74 Å². The first-order chi connectivity index (χ1) is 9.59. The Morgan fingerprint density at radius 2 is 1.95 bits per heavy atom. The van der Waals surface area contributed by atoms with Gasteiger partial charge in [-0.3, -0.25) is 0 Å². The number of ether oxygens (including phenoxy) is 1. The third kappa shape index (κ3) is 2.64. The molecular formula is C18H27NO. The fourth-order valence-corrected chi connectivity index (χ4v) is 4.54. The van der Waals surface area contributed by atoms with E-state index in [-0.39, 0.29) is 0 Å². The summed E-state index contributed by atoms with van der Waals surface area (Å²) >= 11 is 0. The highest BCUT2D eigenvalue weighted by molar-refractivity contribution is 5.28. The van der Waals surface area contributed by atoms with Gasteiger partial charge < -0.3 is 10.1 Å². The summed E-state index contributed by atoms with van der Waals surface area (Å²) in [5.41, 5.74) is 3.31. The van der Waals surface area contributed by atoms with Gasteiger partial charge in [0.25, 0.3) is 0 Å². The maximum absolute atomic E-state index is 6.00. The Hall–Kier alpha value is -0.860. The van der Waals surface area contributed by atoms with E-state index in [1.54, 1.807) is 0 Å². The highest BCUT2D eigenvalue weighted by Crippen LogP contribution is 2.51. The normalized spacial score (nSPS) is 38.0. The molecule has 0 saturated carbocycles. The lowest BCUT2D eigenvalue weighted by Gasteiger charge is -2.50. The third-order valence-corrected chi connectivity index (χ3v) is 5.18. The second-order valence-corrected chi connectivity index (χ2v) is 6.95. The van der Waals surface area contributed by atoms with Crippen molar-refractivity contribution in [2.24, 2.45) is 5.41 Å². The monoisotopic (exact) mass is 273 g/mol. The molecule has 1 N–H and O–H groups in total. The van der Waals surface area contributed by atoms with E-state index in [0.29, 0.717) is 23.5 Å². The molecule has 2 heterocycles. The van der Waals surface area contributed by atoms with Crippen molar-refractivity contribution in [2.75, 3.05) is 13.1 Å². The van der Waals surface area contributed by atoms with Crippen LogP contribution in [0.3, 0.4) is 0 Å². The molecule has 0 aliphatic carbocycles. The van der Waals surface area contributed by atoms with Crippen LogP contribution in [-0.2, 0) is 4.74 Å². The number of hydrogen-bond donors (Lipinski definition) is 1. The molecule has 2 fully saturated rings. The van der Waals surface area contributed by atoms with Crippen LogP contribution >= 0.6 is 0 Å². The second kappa shape index (κ2) is 5.50. The number of rotatable bonds is 1. The van der Waals surface area contributed by atoms with Crippen molar-refractivity contribution in [1.29, 1.82) is 0 Å². The van der Waals surface area contributed by atoms with Gasteiger partial charge in [-0.05, 0) is 57.6 Å². The van der Waals surface area contributed by atoms with Crippen LogP contribution in [-0.4, -0.2) is 25.3 Å². The fourth-order valence-electron chi connectivity index (χ4n) is 4.54. The smallest absolute Gasteiger partial charge is 0.0556 e. The van der Waals surface area contributed by atoms with Crippen molar-refractivity contribution in [2.45, 2.75) is 58.2 Å². The molecule has 110 valence electrons. The van der Waals surface area contributed by atoms with Crippen molar-refractivity contribution in [3.05, 3.63) is 35.4 Å². The lowest BCUT2D eigenvalue weighted by Crippen LogP contribution is -2.49. The molecule has 2 heteroatoms. The first-order valence-electron chi connectivity index (χ1n) is 8.02. The van der Waals surface area contributed by atoms with Crippen molar-refractivity contribution >= 4 is 0 Å². The molecule has 2 nitrogen and oxygen atoms in total. The molecular weight excluding hydrogens is 246 g/mol. The predicted molar refractivity (Wildman–Crippen MR) is 83.1 cm³/mol. The van der Waals surface area contributed by atoms with E-state index in [9.17, 15) is 0 Å². The van der Waals surface area contributed by atoms with Crippen LogP contribution in [0.1, 0.15) is 50.2 Å². The number of hydrogen-bond acceptors (Lipinski definition) is 2. The molecule has 0 radical (unpaired) electrons. The van der Waals surface area contributed by atoms with Gasteiger partial charge in [-0.2, -0.15) is 0 Å². The number of nitrogens with one attached hydrogen (secondary N) is 1. The topological polar surface area (TPSA) is 21.3 Å². The standard InChI is InChI=1S/C18H27NO/c1-13-5-4-6-16(9-13)17-12-19-8-7-18(17)10-14(2)20-15(3)11-18/h4-6,9,14-15,17,19H,7-8,10-12H2,1-3H3. The summed E-state index contributed by atoms with van der Waals surface area (Å²) in [4.78, 5) is 0. The first-order valence-corrected chi connectivity index (χ1v) is 8.02. The van der Waals surface area contributed by atoms with Gasteiger partial charge in [-0.15, -0.1) is 0 Å². The van der Waals surface area contributed by atoms with E-state index in [1.165, 1.54) is 30.4 Å². The van der Waals surface area contributed by atoms with Crippen LogP contribution in [0.5, 0.6) is 0 Å². The largest absolute Gasteiger partial charge is 0.376 e. The Morgan fingerprint density at radius 3 is 2.65 bits per heavy atom. The minimum atomic E-state index is 0.393. The highest BCUT2D eigenvalue weighted by atomic mass is 16.5. The Labute approximate surface area is 122 Å². The summed E-state index contributed by atoms with van der Waals surface area (Å²) < 4.78 is 6.00. The summed E-state index contributed by atoms with van der Waals surface area (Å²) in [5, 5.41) is 3.61. The number of benzene rings is 1. The molecule has 1 spiro atoms. The Morgan fingerprint density at radius 1 is 1.20 bits per heavy atom. The van der Waals surface area contributed by atoms with E-state index in [2.05, 4.69) is 50.4 Å². The van der Waals surface area contributed by atoms with Crippen LogP contribution in [0.25, 0.3) is 0 Å². The SMILES string of the molecule is Cc1cccc(C2CNCCC23CC(C)OC(C)C3)c1. The van der Waals surface area contributed by atoms with E-state index in [0.717, 1.165) is 13.1 Å². The maximum atomic E-state index is 6.00. The second-order valence-electron chi connectivity index (χ2n) is 6.95. The first kappa shape index (κ1) is 14.1. The molecule has 0 amide bonds. The zero-order chi connectivity index (χ0) is 14.2. The van der Waals surface area contributed by atoms with E-state index < -0.39 is 0 Å². The van der Waals surface area contributed by atoms with Crippen LogP contribution in [0.4, 0.5) is 0 Å². The molecule has 1 aromatic carbocycles. The molecule has 0 aromatic heterocycles. The summed E-state index contributed by atoms with van der Waals surface area (Å²) in [6, 6.07) is 9.10. The average Bonchev–Trinajstić information content (AvgIpc) is 2.37. The fraction of sp³-hybridized carbons (Fsp3) is 0.667. The number of aryl methyl sites for hydroxylation is 1. The molecule has 2 saturated heterocycles. The molecule has 0 bridgehead atoms. The van der Waals surface area contributed by atoms with Gasteiger partial charge >= 0.3 is 0 Å². The van der Waals surface area contributed by atoms with Gasteiger partial charge in [0.15, 0.2) is 0 Å². The van der Waals surface area contributed by atoms with E-state index >= 15 is 0 Å². The third-order valence-electron chi connectivity index (χ3n) is 5.18. The van der Waals surface area contributed by atoms with Gasteiger partial charge in [-0.25, -0.2) is 0 Å². The molecule has 3 atom stereocenters. The van der Waals surface area contributed by atoms with Crippen molar-refractivity contribution in [3.63, 3.8) is 0 Å². The van der Waals surface area contributed by atoms with Crippen molar-refractivity contribution in [1.82, 2.24) is 5.32 Å². The molecule has 3 rings (SSSR count). The molecule has 20 heavy (non-hydrogen) atoms. The summed E-state index contributed by atoms with van der Waals surface area (Å²) in [6.07, 6.45) is 4.48. The van der Waals surface area contributed by atoms with Crippen LogP contribution in [0, 0.1) is 12.3 Å². The minimum Gasteiger partial charge on any atom is -0.376 e. The van der Waals surface area contributed by atoms with Crippen LogP contribution < -0.4 is 5.32 Å². The summed E-state index contributed by atoms with van der Waals surface area (Å²) in [5.74, 6) is 0.630. The summed E-state index contributed by atoms with van der Waals surface area (Å²) in [7, 11) is 0. The Kier molecular flexibility index (Phi) is 3.87. The summed E-state index contributed by atoms with van der Waals surface area (Å²) in [6.45, 7) is 8.95. The van der Waals surface area contributed by atoms with Gasteiger partial charge in [0.1, 0.15) is 0 Å². The lowest BCUT2D eigenvalue weighted by molar-refractivity contribution is -0.103. The molecule has 2 aliphatic rings. The molecule has 3 unspecified atom stereocenters. The lowest BCUT2D eigenvalue weighted by atomic mass is 9.61. The molecule has 1 aromatic rings. The highest BCUT2D eigenvalue weighted by Gasteiger charge is 2.46. The van der Waals surface area contributed by atoms with Gasteiger partial charge in [0, 0.05) is 12.5 Å². The zero-order valence-corrected chi connectivity index (χ0v) is 13.0. The van der Waals surface area contributed by atoms with Crippen LogP contribution in [0.15, 0.2) is 24.3 Å². The van der Waals surface area contributed by atoms with Crippen molar-refractivity contribution in [3.8, 4) is 0 Å². The van der Waals surface area contributed by atoms with E-state index in [1.807, 2.05) is 0 Å². The van der Waals surface area contributed by atoms with Gasteiger partial charge in [0.2, 0.25) is 0 Å². The zero-order valence-electron chi connectivity index (χ0n) is 13.0. The van der Waals surface area contributed by atoms with Gasteiger partial charge in [0.05, 0.1) is 12.2 Å². The molecule has 2 aliphatic heterocycles. The maximum Gasteiger partial charge on any atom is 0.0556 e. The van der Waals surface area contributed by atoms with Gasteiger partial charge in [-0.1, -0.05) is 29.8 Å². The Bertz CT molecular complexity index is 460. The quantitative estimate of drug-likeness (QED) is 0.843. The van der Waals surface area contributed by atoms with Crippen LogP contribution in [0.2, 0.25) is 0 Å². The predicted octanol–water partition coefficient (Wildman–Crippen LogP) is 3.65. The Balaban J connectivity index is 1.94. The minimum absolute atomic E-state index is 0.393.